The van der Waals surface area contributed by atoms with Crippen molar-refractivity contribution in [1.82, 2.24) is 10.6 Å². The lowest BCUT2D eigenvalue weighted by atomic mass is 10.0. The average molecular weight is 423 g/mol. The zero-order valence-electron chi connectivity index (χ0n) is 13.0. The number of nitrogens with one attached hydrogen (secondary N) is 2. The van der Waals surface area contributed by atoms with Gasteiger partial charge in [0.2, 0.25) is 0 Å². The highest BCUT2D eigenvalue weighted by atomic mass is 127. The van der Waals surface area contributed by atoms with Gasteiger partial charge in [0, 0.05) is 37.5 Å². The Labute approximate surface area is 148 Å². The van der Waals surface area contributed by atoms with Crippen LogP contribution in [-0.4, -0.2) is 38.3 Å². The van der Waals surface area contributed by atoms with E-state index < -0.39 is 0 Å². The monoisotopic (exact) mass is 423 g/mol. The zero-order chi connectivity index (χ0) is 14.4. The number of halogens is 1. The summed E-state index contributed by atoms with van der Waals surface area (Å²) in [5, 5.41) is 8.88. The number of rotatable bonds is 5. The minimum atomic E-state index is -0.0447. The molecule has 0 radical (unpaired) electrons. The van der Waals surface area contributed by atoms with Gasteiger partial charge in [0.1, 0.15) is 0 Å². The molecule has 2 atom stereocenters. The van der Waals surface area contributed by atoms with E-state index in [9.17, 15) is 0 Å². The molecule has 0 spiro atoms. The molecule has 2 heterocycles. The van der Waals surface area contributed by atoms with Gasteiger partial charge in [-0.15, -0.1) is 35.3 Å². The molecule has 0 saturated carbocycles. The Kier molecular flexibility index (Phi) is 7.97. The molecule has 120 valence electrons. The fourth-order valence-corrected chi connectivity index (χ4v) is 3.18. The SMILES string of the molecule is CN=C(NCC(C)c1cccs1)NCC1(C)CCCO1.I. The summed E-state index contributed by atoms with van der Waals surface area (Å²) in [5.74, 6) is 1.34. The number of hydrogen-bond donors (Lipinski definition) is 2. The second kappa shape index (κ2) is 8.95. The molecule has 6 heteroatoms. The van der Waals surface area contributed by atoms with E-state index in [0.29, 0.717) is 5.92 Å². The Balaban J connectivity index is 0.00000220. The Morgan fingerprint density at radius 3 is 2.90 bits per heavy atom. The minimum Gasteiger partial charge on any atom is -0.373 e. The van der Waals surface area contributed by atoms with Crippen LogP contribution in [0, 0.1) is 0 Å². The van der Waals surface area contributed by atoms with Gasteiger partial charge >= 0.3 is 0 Å². The molecule has 1 aliphatic heterocycles. The van der Waals surface area contributed by atoms with Gasteiger partial charge in [-0.3, -0.25) is 4.99 Å². The van der Waals surface area contributed by atoms with E-state index >= 15 is 0 Å². The van der Waals surface area contributed by atoms with Crippen LogP contribution in [0.5, 0.6) is 0 Å². The smallest absolute Gasteiger partial charge is 0.191 e. The van der Waals surface area contributed by atoms with E-state index in [4.69, 9.17) is 4.74 Å². The van der Waals surface area contributed by atoms with Crippen LogP contribution in [0.25, 0.3) is 0 Å². The van der Waals surface area contributed by atoms with Crippen LogP contribution in [0.4, 0.5) is 0 Å². The fraction of sp³-hybridized carbons (Fsp3) is 0.667. The molecule has 21 heavy (non-hydrogen) atoms. The molecule has 4 nitrogen and oxygen atoms in total. The first-order valence-electron chi connectivity index (χ1n) is 7.25. The first-order chi connectivity index (χ1) is 9.63. The molecule has 2 rings (SSSR count). The molecule has 0 amide bonds. The standard InChI is InChI=1S/C15H25N3OS.HI/c1-12(13-6-4-9-20-13)10-17-14(16-3)18-11-15(2)7-5-8-19-15;/h4,6,9,12H,5,7-8,10-11H2,1-3H3,(H2,16,17,18);1H. The molecule has 1 aromatic heterocycles. The molecule has 1 fully saturated rings. The van der Waals surface area contributed by atoms with E-state index in [1.165, 1.54) is 4.88 Å². The third-order valence-electron chi connectivity index (χ3n) is 3.76. The molecule has 2 N–H and O–H groups in total. The molecule has 1 aliphatic rings. The number of ether oxygens (including phenoxy) is 1. The minimum absolute atomic E-state index is 0. The lowest BCUT2D eigenvalue weighted by molar-refractivity contribution is 0.0243. The molecule has 0 aliphatic carbocycles. The Morgan fingerprint density at radius 2 is 2.33 bits per heavy atom. The van der Waals surface area contributed by atoms with Crippen molar-refractivity contribution in [3.63, 3.8) is 0 Å². The van der Waals surface area contributed by atoms with Crippen molar-refractivity contribution in [1.29, 1.82) is 0 Å². The summed E-state index contributed by atoms with van der Waals surface area (Å²) in [6.07, 6.45) is 2.27. The first-order valence-corrected chi connectivity index (χ1v) is 8.13. The van der Waals surface area contributed by atoms with Crippen LogP contribution in [0.3, 0.4) is 0 Å². The van der Waals surface area contributed by atoms with Crippen LogP contribution in [-0.2, 0) is 4.74 Å². The van der Waals surface area contributed by atoms with Crippen molar-refractivity contribution in [3.8, 4) is 0 Å². The van der Waals surface area contributed by atoms with Crippen molar-refractivity contribution in [2.45, 2.75) is 38.2 Å². The topological polar surface area (TPSA) is 45.7 Å². The van der Waals surface area contributed by atoms with Crippen LogP contribution >= 0.6 is 35.3 Å². The van der Waals surface area contributed by atoms with E-state index in [1.807, 2.05) is 7.05 Å². The van der Waals surface area contributed by atoms with Gasteiger partial charge < -0.3 is 15.4 Å². The van der Waals surface area contributed by atoms with Gasteiger partial charge in [-0.1, -0.05) is 13.0 Å². The predicted molar refractivity (Wildman–Crippen MR) is 101 cm³/mol. The van der Waals surface area contributed by atoms with Crippen molar-refractivity contribution >= 4 is 41.3 Å². The summed E-state index contributed by atoms with van der Waals surface area (Å²) < 4.78 is 5.78. The number of thiophene rings is 1. The summed E-state index contributed by atoms with van der Waals surface area (Å²) in [6.45, 7) is 6.96. The van der Waals surface area contributed by atoms with Gasteiger partial charge in [0.05, 0.1) is 5.60 Å². The summed E-state index contributed by atoms with van der Waals surface area (Å²) >= 11 is 1.80. The van der Waals surface area contributed by atoms with E-state index in [-0.39, 0.29) is 29.6 Å². The van der Waals surface area contributed by atoms with Crippen LogP contribution in [0.2, 0.25) is 0 Å². The highest BCUT2D eigenvalue weighted by Gasteiger charge is 2.29. The van der Waals surface area contributed by atoms with Crippen LogP contribution in [0.1, 0.15) is 37.5 Å². The van der Waals surface area contributed by atoms with E-state index in [2.05, 4.69) is 47.0 Å². The van der Waals surface area contributed by atoms with Gasteiger partial charge in [0.15, 0.2) is 5.96 Å². The number of guanidine groups is 1. The van der Waals surface area contributed by atoms with Crippen molar-refractivity contribution < 1.29 is 4.74 Å². The molecule has 0 aromatic carbocycles. The first kappa shape index (κ1) is 18.7. The molecular formula is C15H26IN3OS. The van der Waals surface area contributed by atoms with E-state index in [0.717, 1.165) is 38.5 Å². The van der Waals surface area contributed by atoms with Gasteiger partial charge in [0.25, 0.3) is 0 Å². The third kappa shape index (κ3) is 5.75. The Bertz CT molecular complexity index is 430. The molecular weight excluding hydrogens is 397 g/mol. The predicted octanol–water partition coefficient (Wildman–Crippen LogP) is 3.20. The highest BCUT2D eigenvalue weighted by Crippen LogP contribution is 2.23. The fourth-order valence-electron chi connectivity index (χ4n) is 2.39. The highest BCUT2D eigenvalue weighted by molar-refractivity contribution is 14.0. The molecule has 1 saturated heterocycles. The largest absolute Gasteiger partial charge is 0.373 e. The molecule has 1 aromatic rings. The third-order valence-corrected chi connectivity index (χ3v) is 4.86. The maximum absolute atomic E-state index is 5.78. The quantitative estimate of drug-likeness (QED) is 0.435. The number of aliphatic imine (C=N–C) groups is 1. The lowest BCUT2D eigenvalue weighted by Gasteiger charge is -2.25. The average Bonchev–Trinajstić information content (AvgIpc) is 3.10. The summed E-state index contributed by atoms with van der Waals surface area (Å²) in [4.78, 5) is 5.68. The second-order valence-corrected chi connectivity index (χ2v) is 6.60. The maximum atomic E-state index is 5.78. The lowest BCUT2D eigenvalue weighted by Crippen LogP contribution is -2.46. The summed E-state index contributed by atoms with van der Waals surface area (Å²) in [5.41, 5.74) is -0.0447. The van der Waals surface area contributed by atoms with Crippen molar-refractivity contribution in [3.05, 3.63) is 22.4 Å². The Hall–Kier alpha value is -0.340. The van der Waals surface area contributed by atoms with Crippen molar-refractivity contribution in [2.75, 3.05) is 26.7 Å². The van der Waals surface area contributed by atoms with Crippen LogP contribution < -0.4 is 10.6 Å². The van der Waals surface area contributed by atoms with Crippen LogP contribution in [0.15, 0.2) is 22.5 Å². The van der Waals surface area contributed by atoms with Crippen molar-refractivity contribution in [2.24, 2.45) is 4.99 Å². The number of nitrogens with zero attached hydrogens (tertiary/aromatic N) is 1. The molecule has 2 unspecified atom stereocenters. The van der Waals surface area contributed by atoms with E-state index in [1.54, 1.807) is 11.3 Å². The normalized spacial score (nSPS) is 23.5. The van der Waals surface area contributed by atoms with Gasteiger partial charge in [-0.05, 0) is 31.2 Å². The Morgan fingerprint density at radius 1 is 1.52 bits per heavy atom. The zero-order valence-corrected chi connectivity index (χ0v) is 16.2. The van der Waals surface area contributed by atoms with Gasteiger partial charge in [-0.25, -0.2) is 0 Å². The second-order valence-electron chi connectivity index (χ2n) is 5.63. The molecule has 0 bridgehead atoms. The number of hydrogen-bond acceptors (Lipinski definition) is 3. The van der Waals surface area contributed by atoms with Gasteiger partial charge in [-0.2, -0.15) is 0 Å². The maximum Gasteiger partial charge on any atom is 0.191 e. The summed E-state index contributed by atoms with van der Waals surface area (Å²) in [7, 11) is 1.81. The summed E-state index contributed by atoms with van der Waals surface area (Å²) in [6, 6.07) is 4.28.